The van der Waals surface area contributed by atoms with E-state index < -0.39 is 11.7 Å². The van der Waals surface area contributed by atoms with Gasteiger partial charge in [0, 0.05) is 42.9 Å². The van der Waals surface area contributed by atoms with E-state index in [1.165, 1.54) is 15.3 Å². The molecule has 4 aromatic rings. The molecule has 0 bridgehead atoms. The molecule has 1 aliphatic carbocycles. The minimum Gasteiger partial charge on any atom is -0.368 e. The molecule has 0 atom stereocenters. The first-order valence-corrected chi connectivity index (χ1v) is 12.8. The van der Waals surface area contributed by atoms with Crippen molar-refractivity contribution < 1.29 is 18.0 Å². The van der Waals surface area contributed by atoms with Crippen LogP contribution in [0.15, 0.2) is 47.4 Å². The van der Waals surface area contributed by atoms with E-state index in [9.17, 15) is 22.8 Å². The summed E-state index contributed by atoms with van der Waals surface area (Å²) in [4.78, 5) is 37.1. The van der Waals surface area contributed by atoms with Gasteiger partial charge in [0.25, 0.3) is 11.5 Å². The van der Waals surface area contributed by atoms with Gasteiger partial charge in [0.1, 0.15) is 4.83 Å². The van der Waals surface area contributed by atoms with Crippen LogP contribution in [0.5, 0.6) is 0 Å². The van der Waals surface area contributed by atoms with Crippen LogP contribution in [0.1, 0.15) is 39.2 Å². The highest BCUT2D eigenvalue weighted by atomic mass is 32.1. The third-order valence-electron chi connectivity index (χ3n) is 7.10. The van der Waals surface area contributed by atoms with Crippen molar-refractivity contribution in [3.05, 3.63) is 74.5 Å². The second-order valence-electron chi connectivity index (χ2n) is 9.25. The van der Waals surface area contributed by atoms with Gasteiger partial charge in [-0.05, 0) is 61.6 Å². The number of carbonyl (C=O) groups excluding carboxylic acids is 1. The molecule has 2 aliphatic rings. The molecule has 10 heteroatoms. The Morgan fingerprint density at radius 2 is 1.78 bits per heavy atom. The highest BCUT2D eigenvalue weighted by Crippen LogP contribution is 2.34. The van der Waals surface area contributed by atoms with Crippen LogP contribution in [0.2, 0.25) is 0 Å². The largest absolute Gasteiger partial charge is 0.416 e. The monoisotopic (exact) mass is 512 g/mol. The fraction of sp³-hybridized carbons (Fsp3) is 0.346. The average molecular weight is 513 g/mol. The molecule has 3 aromatic heterocycles. The average Bonchev–Trinajstić information content (AvgIpc) is 3.26. The molecule has 186 valence electrons. The second kappa shape index (κ2) is 8.62. The van der Waals surface area contributed by atoms with Gasteiger partial charge >= 0.3 is 6.18 Å². The summed E-state index contributed by atoms with van der Waals surface area (Å²) < 4.78 is 40.8. The van der Waals surface area contributed by atoms with E-state index in [0.717, 1.165) is 43.4 Å². The number of alkyl halides is 3. The third kappa shape index (κ3) is 3.84. The summed E-state index contributed by atoms with van der Waals surface area (Å²) in [5.41, 5.74) is 1.47. The Hall–Kier alpha value is -3.40. The number of carbonyl (C=O) groups is 1. The second-order valence-corrected chi connectivity index (χ2v) is 10.3. The number of rotatable bonds is 2. The van der Waals surface area contributed by atoms with Crippen LogP contribution in [-0.4, -0.2) is 46.4 Å². The topological polar surface area (TPSA) is 57.9 Å². The number of hydrogen-bond donors (Lipinski definition) is 0. The lowest BCUT2D eigenvalue weighted by Crippen LogP contribution is -2.49. The smallest absolute Gasteiger partial charge is 0.368 e. The highest BCUT2D eigenvalue weighted by Gasteiger charge is 2.32. The van der Waals surface area contributed by atoms with Crippen LogP contribution in [0.25, 0.3) is 15.9 Å². The number of hydrogen-bond acceptors (Lipinski definition) is 5. The maximum Gasteiger partial charge on any atom is 0.416 e. The predicted octanol–water partition coefficient (Wildman–Crippen LogP) is 4.77. The number of aryl methyl sites for hydroxylation is 2. The zero-order valence-electron chi connectivity index (χ0n) is 19.3. The van der Waals surface area contributed by atoms with Gasteiger partial charge in [-0.15, -0.1) is 11.3 Å². The van der Waals surface area contributed by atoms with E-state index >= 15 is 0 Å². The Kier molecular flexibility index (Phi) is 5.51. The molecule has 36 heavy (non-hydrogen) atoms. The summed E-state index contributed by atoms with van der Waals surface area (Å²) in [5, 5.41) is 0.673. The number of anilines is 1. The van der Waals surface area contributed by atoms with Crippen LogP contribution in [-0.2, 0) is 19.0 Å². The lowest BCUT2D eigenvalue weighted by atomic mass is 9.97. The molecule has 6 rings (SSSR count). The molecule has 1 saturated heterocycles. The minimum atomic E-state index is -4.40. The number of benzene rings is 1. The molecule has 6 nitrogen and oxygen atoms in total. The van der Waals surface area contributed by atoms with Crippen molar-refractivity contribution >= 4 is 38.8 Å². The van der Waals surface area contributed by atoms with Crippen molar-refractivity contribution in [2.45, 2.75) is 31.9 Å². The number of piperazine rings is 1. The van der Waals surface area contributed by atoms with Gasteiger partial charge in [-0.1, -0.05) is 6.07 Å². The van der Waals surface area contributed by atoms with E-state index in [4.69, 9.17) is 4.98 Å². The number of thiophene rings is 1. The van der Waals surface area contributed by atoms with E-state index in [1.807, 2.05) is 4.90 Å². The molecular formula is C26H23F3N4O2S. The van der Waals surface area contributed by atoms with Gasteiger partial charge in [-0.3, -0.25) is 14.0 Å². The number of fused-ring (bicyclic) bond motifs is 4. The van der Waals surface area contributed by atoms with Gasteiger partial charge in [-0.2, -0.15) is 13.2 Å². The molecule has 0 N–H and O–H groups in total. The third-order valence-corrected chi connectivity index (χ3v) is 8.28. The summed E-state index contributed by atoms with van der Waals surface area (Å²) >= 11 is 1.55. The number of nitrogens with zero attached hydrogens (tertiary/aromatic N) is 4. The summed E-state index contributed by atoms with van der Waals surface area (Å²) in [5.74, 6) is -0.232. The highest BCUT2D eigenvalue weighted by molar-refractivity contribution is 7.18. The summed E-state index contributed by atoms with van der Waals surface area (Å²) in [7, 11) is 0. The Balaban J connectivity index is 1.28. The van der Waals surface area contributed by atoms with Gasteiger partial charge < -0.3 is 9.80 Å². The van der Waals surface area contributed by atoms with Crippen molar-refractivity contribution in [2.75, 3.05) is 31.1 Å². The number of amides is 1. The molecule has 4 heterocycles. The van der Waals surface area contributed by atoms with Crippen LogP contribution < -0.4 is 10.5 Å². The van der Waals surface area contributed by atoms with Crippen LogP contribution in [0, 0.1) is 0 Å². The zero-order valence-corrected chi connectivity index (χ0v) is 20.2. The summed E-state index contributed by atoms with van der Waals surface area (Å²) in [6.07, 6.45) is 1.26. The Bertz CT molecular complexity index is 1550. The lowest BCUT2D eigenvalue weighted by Gasteiger charge is -2.36. The molecule has 1 aromatic carbocycles. The van der Waals surface area contributed by atoms with E-state index in [0.29, 0.717) is 53.3 Å². The van der Waals surface area contributed by atoms with E-state index in [1.54, 1.807) is 40.6 Å². The van der Waals surface area contributed by atoms with Crippen LogP contribution in [0.4, 0.5) is 18.9 Å². The number of pyridine rings is 1. The standard InChI is InChI=1S/C26H23F3N4O2S/c27-26(28,29)16-5-3-6-17(15-16)31-11-13-32(14-12-31)24(34)19-8-4-10-33-22(19)30-23-21(25(33)35)18-7-1-2-9-20(18)36-23/h3-6,8,10,15H,1-2,7,9,11-14H2. The Morgan fingerprint density at radius 1 is 1.00 bits per heavy atom. The van der Waals surface area contributed by atoms with Gasteiger partial charge in [-0.25, -0.2) is 4.98 Å². The zero-order chi connectivity index (χ0) is 25.0. The molecule has 1 aliphatic heterocycles. The fourth-order valence-electron chi connectivity index (χ4n) is 5.23. The lowest BCUT2D eigenvalue weighted by molar-refractivity contribution is -0.137. The summed E-state index contributed by atoms with van der Waals surface area (Å²) in [6, 6.07) is 8.62. The molecule has 1 fully saturated rings. The molecule has 0 unspecified atom stereocenters. The first-order valence-electron chi connectivity index (χ1n) is 12.0. The maximum atomic E-state index is 13.5. The molecule has 0 radical (unpaired) electrons. The van der Waals surface area contributed by atoms with Crippen molar-refractivity contribution in [2.24, 2.45) is 0 Å². The Morgan fingerprint density at radius 3 is 2.56 bits per heavy atom. The van der Waals surface area contributed by atoms with Gasteiger partial charge in [0.15, 0.2) is 5.65 Å². The molecule has 0 saturated carbocycles. The first-order chi connectivity index (χ1) is 17.3. The van der Waals surface area contributed by atoms with Crippen molar-refractivity contribution in [3.8, 4) is 0 Å². The van der Waals surface area contributed by atoms with Crippen molar-refractivity contribution in [1.82, 2.24) is 14.3 Å². The van der Waals surface area contributed by atoms with Crippen molar-refractivity contribution in [1.29, 1.82) is 0 Å². The molecule has 1 amide bonds. The molecule has 0 spiro atoms. The summed E-state index contributed by atoms with van der Waals surface area (Å²) in [6.45, 7) is 1.53. The molecular weight excluding hydrogens is 489 g/mol. The number of halogens is 3. The van der Waals surface area contributed by atoms with Gasteiger partial charge in [0.2, 0.25) is 0 Å². The van der Waals surface area contributed by atoms with Gasteiger partial charge in [0.05, 0.1) is 16.5 Å². The quantitative estimate of drug-likeness (QED) is 0.388. The predicted molar refractivity (Wildman–Crippen MR) is 133 cm³/mol. The van der Waals surface area contributed by atoms with Crippen molar-refractivity contribution in [3.63, 3.8) is 0 Å². The van der Waals surface area contributed by atoms with E-state index in [2.05, 4.69) is 0 Å². The van der Waals surface area contributed by atoms with Crippen LogP contribution >= 0.6 is 11.3 Å². The SMILES string of the molecule is O=C(c1cccn2c(=O)c3c4c(sc3nc12)CCCC4)N1CCN(c2cccc(C(F)(F)F)c2)CC1. The number of aromatic nitrogens is 2. The fourth-order valence-corrected chi connectivity index (χ4v) is 6.48. The van der Waals surface area contributed by atoms with Crippen LogP contribution in [0.3, 0.4) is 0 Å². The first kappa shape index (κ1) is 23.0. The minimum absolute atomic E-state index is 0.140. The Labute approximate surface area is 208 Å². The normalized spacial score (nSPS) is 16.5. The van der Waals surface area contributed by atoms with E-state index in [-0.39, 0.29) is 11.5 Å². The maximum absolute atomic E-state index is 13.5.